The van der Waals surface area contributed by atoms with E-state index in [0.717, 1.165) is 44.4 Å². The van der Waals surface area contributed by atoms with E-state index in [0.29, 0.717) is 13.1 Å². The molecule has 0 atom stereocenters. The lowest BCUT2D eigenvalue weighted by Crippen LogP contribution is -2.56. The van der Waals surface area contributed by atoms with Crippen molar-refractivity contribution in [1.82, 2.24) is 4.90 Å². The second-order valence-electron chi connectivity index (χ2n) is 6.13. The summed E-state index contributed by atoms with van der Waals surface area (Å²) in [6.07, 6.45) is 1.31. The van der Waals surface area contributed by atoms with Crippen LogP contribution in [-0.2, 0) is 0 Å². The summed E-state index contributed by atoms with van der Waals surface area (Å²) in [6, 6.07) is 0. The first kappa shape index (κ1) is 17.8. The third kappa shape index (κ3) is 4.92. The Kier molecular flexibility index (Phi) is 6.79. The normalized spacial score (nSPS) is 28.1. The molecule has 0 heterocycles. The molecule has 0 bridgehead atoms. The average molecular weight is 294 g/mol. The van der Waals surface area contributed by atoms with Crippen molar-refractivity contribution in [3.63, 3.8) is 0 Å². The van der Waals surface area contributed by atoms with Gasteiger partial charge in [-0.05, 0) is 44.6 Å². The summed E-state index contributed by atoms with van der Waals surface area (Å²) in [5.74, 6) is 0.723. The molecule has 0 unspecified atom stereocenters. The van der Waals surface area contributed by atoms with Crippen LogP contribution in [0.3, 0.4) is 0 Å². The number of hydrogen-bond acceptors (Lipinski definition) is 2. The third-order valence-electron chi connectivity index (χ3n) is 4.82. The first-order chi connectivity index (χ1) is 9.37. The first-order valence-corrected chi connectivity index (χ1v) is 7.88. The summed E-state index contributed by atoms with van der Waals surface area (Å²) in [5, 5.41) is 0. The molecule has 0 saturated heterocycles. The van der Waals surface area contributed by atoms with Gasteiger partial charge in [-0.3, -0.25) is 4.90 Å². The van der Waals surface area contributed by atoms with Gasteiger partial charge in [0, 0.05) is 18.6 Å². The summed E-state index contributed by atoms with van der Waals surface area (Å²) in [5.41, 5.74) is 5.77. The molecule has 0 amide bonds. The van der Waals surface area contributed by atoms with Crippen LogP contribution in [-0.4, -0.2) is 36.2 Å². The fourth-order valence-corrected chi connectivity index (χ4v) is 3.39. The van der Waals surface area contributed by atoms with Gasteiger partial charge in [-0.25, -0.2) is 0 Å². The van der Waals surface area contributed by atoms with Crippen molar-refractivity contribution in [3.8, 4) is 0 Å². The second kappa shape index (κ2) is 7.64. The van der Waals surface area contributed by atoms with Crippen LogP contribution >= 0.6 is 0 Å². The zero-order chi connectivity index (χ0) is 15.2. The van der Waals surface area contributed by atoms with Crippen molar-refractivity contribution in [2.75, 3.05) is 19.6 Å². The van der Waals surface area contributed by atoms with Crippen molar-refractivity contribution >= 4 is 0 Å². The Balaban J connectivity index is 2.70. The van der Waals surface area contributed by atoms with Crippen LogP contribution in [0.1, 0.15) is 58.8 Å². The van der Waals surface area contributed by atoms with Crippen LogP contribution in [0.25, 0.3) is 0 Å². The Morgan fingerprint density at radius 3 is 2.15 bits per heavy atom. The van der Waals surface area contributed by atoms with Crippen molar-refractivity contribution in [1.29, 1.82) is 0 Å². The van der Waals surface area contributed by atoms with Gasteiger partial charge in [0.2, 0.25) is 0 Å². The van der Waals surface area contributed by atoms with Gasteiger partial charge in [0.15, 0.2) is 0 Å². The maximum Gasteiger partial charge on any atom is 0.390 e. The van der Waals surface area contributed by atoms with E-state index in [1.165, 1.54) is 0 Å². The van der Waals surface area contributed by atoms with E-state index < -0.39 is 12.6 Å². The van der Waals surface area contributed by atoms with Gasteiger partial charge in [-0.2, -0.15) is 13.2 Å². The number of nitrogens with two attached hydrogens (primary N) is 1. The number of nitrogens with zero attached hydrogens (tertiary/aromatic N) is 1. The minimum atomic E-state index is -4.08. The van der Waals surface area contributed by atoms with Crippen LogP contribution in [0.4, 0.5) is 13.2 Å². The van der Waals surface area contributed by atoms with Crippen molar-refractivity contribution in [3.05, 3.63) is 0 Å². The van der Waals surface area contributed by atoms with Gasteiger partial charge in [0.25, 0.3) is 0 Å². The molecule has 0 radical (unpaired) electrons. The monoisotopic (exact) mass is 294 g/mol. The molecule has 20 heavy (non-hydrogen) atoms. The smallest absolute Gasteiger partial charge is 0.329 e. The van der Waals surface area contributed by atoms with Gasteiger partial charge in [-0.15, -0.1) is 0 Å². The minimum Gasteiger partial charge on any atom is -0.329 e. The molecular weight excluding hydrogens is 265 g/mol. The van der Waals surface area contributed by atoms with E-state index in [1.54, 1.807) is 0 Å². The Labute approximate surface area is 120 Å². The van der Waals surface area contributed by atoms with Gasteiger partial charge < -0.3 is 5.73 Å². The predicted octanol–water partition coefficient (Wildman–Crippen LogP) is 3.95. The fraction of sp³-hybridized carbons (Fsp3) is 1.00. The number of rotatable bonds is 7. The lowest BCUT2D eigenvalue weighted by molar-refractivity contribution is -0.142. The molecule has 120 valence electrons. The van der Waals surface area contributed by atoms with E-state index in [4.69, 9.17) is 5.73 Å². The highest BCUT2D eigenvalue weighted by atomic mass is 19.4. The molecular formula is C15H29F3N2. The summed E-state index contributed by atoms with van der Waals surface area (Å²) in [7, 11) is 0. The molecule has 0 aromatic heterocycles. The molecule has 1 rings (SSSR count). The van der Waals surface area contributed by atoms with Crippen LogP contribution in [0.5, 0.6) is 0 Å². The standard InChI is InChI=1S/C15H29F3N2/c1-3-10-20(11-9-15(16,17)18)14(12-19)7-5-13(4-2)6-8-14/h13H,3-12,19H2,1-2H3. The molecule has 0 spiro atoms. The maximum absolute atomic E-state index is 12.5. The highest BCUT2D eigenvalue weighted by Gasteiger charge is 2.40. The lowest BCUT2D eigenvalue weighted by Gasteiger charge is -2.48. The van der Waals surface area contributed by atoms with E-state index in [1.807, 2.05) is 11.8 Å². The predicted molar refractivity (Wildman–Crippen MR) is 76.6 cm³/mol. The third-order valence-corrected chi connectivity index (χ3v) is 4.82. The van der Waals surface area contributed by atoms with Gasteiger partial charge >= 0.3 is 6.18 Å². The second-order valence-corrected chi connectivity index (χ2v) is 6.13. The maximum atomic E-state index is 12.5. The summed E-state index contributed by atoms with van der Waals surface area (Å²) >= 11 is 0. The Morgan fingerprint density at radius 2 is 1.75 bits per heavy atom. The van der Waals surface area contributed by atoms with Crippen LogP contribution in [0.2, 0.25) is 0 Å². The van der Waals surface area contributed by atoms with Crippen LogP contribution in [0.15, 0.2) is 0 Å². The van der Waals surface area contributed by atoms with Crippen LogP contribution < -0.4 is 5.73 Å². The fourth-order valence-electron chi connectivity index (χ4n) is 3.39. The Morgan fingerprint density at radius 1 is 1.15 bits per heavy atom. The number of alkyl halides is 3. The van der Waals surface area contributed by atoms with Crippen LogP contribution in [0, 0.1) is 5.92 Å². The van der Waals surface area contributed by atoms with Gasteiger partial charge in [-0.1, -0.05) is 20.3 Å². The quantitative estimate of drug-likeness (QED) is 0.770. The van der Waals surface area contributed by atoms with Crippen molar-refractivity contribution < 1.29 is 13.2 Å². The summed E-state index contributed by atoms with van der Waals surface area (Å²) < 4.78 is 37.5. The molecule has 0 aromatic rings. The van der Waals surface area contributed by atoms with E-state index in [-0.39, 0.29) is 12.1 Å². The van der Waals surface area contributed by atoms with Crippen molar-refractivity contribution in [2.45, 2.75) is 70.5 Å². The van der Waals surface area contributed by atoms with E-state index in [2.05, 4.69) is 6.92 Å². The number of halogens is 3. The lowest BCUT2D eigenvalue weighted by atomic mass is 9.74. The molecule has 1 saturated carbocycles. The Hall–Kier alpha value is -0.290. The van der Waals surface area contributed by atoms with Gasteiger partial charge in [0.05, 0.1) is 6.42 Å². The zero-order valence-corrected chi connectivity index (χ0v) is 12.8. The van der Waals surface area contributed by atoms with Gasteiger partial charge in [0.1, 0.15) is 0 Å². The summed E-state index contributed by atoms with van der Waals surface area (Å²) in [4.78, 5) is 2.02. The molecule has 1 aliphatic carbocycles. The van der Waals surface area contributed by atoms with E-state index >= 15 is 0 Å². The molecule has 1 fully saturated rings. The minimum absolute atomic E-state index is 0.0886. The highest BCUT2D eigenvalue weighted by Crippen LogP contribution is 2.38. The molecule has 0 aliphatic heterocycles. The Bertz CT molecular complexity index is 271. The highest BCUT2D eigenvalue weighted by molar-refractivity contribution is 4.95. The average Bonchev–Trinajstić information content (AvgIpc) is 2.42. The topological polar surface area (TPSA) is 29.3 Å². The first-order valence-electron chi connectivity index (χ1n) is 7.88. The molecule has 2 N–H and O–H groups in total. The molecule has 0 aromatic carbocycles. The van der Waals surface area contributed by atoms with Crippen molar-refractivity contribution in [2.24, 2.45) is 11.7 Å². The largest absolute Gasteiger partial charge is 0.390 e. The zero-order valence-electron chi connectivity index (χ0n) is 12.8. The molecule has 5 heteroatoms. The SMILES string of the molecule is CCCN(CCC(F)(F)F)C1(CN)CCC(CC)CC1. The van der Waals surface area contributed by atoms with E-state index in [9.17, 15) is 13.2 Å². The molecule has 1 aliphatic rings. The molecule has 2 nitrogen and oxygen atoms in total. The summed E-state index contributed by atoms with van der Waals surface area (Å²) in [6.45, 7) is 5.48. The number of hydrogen-bond donors (Lipinski definition) is 1.